The first-order chi connectivity index (χ1) is 10.6. The van der Waals surface area contributed by atoms with Gasteiger partial charge in [0.15, 0.2) is 0 Å². The average Bonchev–Trinajstić information content (AvgIpc) is 2.72. The first kappa shape index (κ1) is 17.6. The average molecular weight is 388 g/mol. The minimum absolute atomic E-state index is 0.0121. The van der Waals surface area contributed by atoms with Gasteiger partial charge in [-0.1, -0.05) is 0 Å². The van der Waals surface area contributed by atoms with Gasteiger partial charge in [0.25, 0.3) is 5.91 Å². The zero-order chi connectivity index (χ0) is 17.4. The molecule has 0 aliphatic carbocycles. The number of primary amides is 1. The SMILES string of the molecule is CC(C)(C)OC(=O)N1CCC(n2nc(Br)c(C(N)=O)c2N)CC1. The maximum Gasteiger partial charge on any atom is 0.410 e. The molecule has 2 heterocycles. The molecule has 9 heteroatoms. The molecular formula is C14H22BrN5O3. The minimum Gasteiger partial charge on any atom is -0.444 e. The Kier molecular flexibility index (Phi) is 4.88. The van der Waals surface area contributed by atoms with Crippen LogP contribution in [0.2, 0.25) is 0 Å². The topological polar surface area (TPSA) is 116 Å². The zero-order valence-corrected chi connectivity index (χ0v) is 15.1. The number of likely N-dealkylation sites (tertiary alicyclic amines) is 1. The zero-order valence-electron chi connectivity index (χ0n) is 13.5. The largest absolute Gasteiger partial charge is 0.444 e. The third-order valence-corrected chi connectivity index (χ3v) is 4.17. The Hall–Kier alpha value is -1.77. The van der Waals surface area contributed by atoms with Crippen LogP contribution in [0, 0.1) is 0 Å². The fraction of sp³-hybridized carbons (Fsp3) is 0.643. The van der Waals surface area contributed by atoms with Crippen LogP contribution in [0.3, 0.4) is 0 Å². The van der Waals surface area contributed by atoms with Crippen molar-refractivity contribution in [3.05, 3.63) is 10.2 Å². The van der Waals surface area contributed by atoms with E-state index in [9.17, 15) is 9.59 Å². The first-order valence-electron chi connectivity index (χ1n) is 7.41. The fourth-order valence-electron chi connectivity index (χ4n) is 2.54. The van der Waals surface area contributed by atoms with Gasteiger partial charge in [-0.05, 0) is 49.5 Å². The number of carbonyl (C=O) groups is 2. The van der Waals surface area contributed by atoms with Crippen LogP contribution in [-0.4, -0.2) is 45.4 Å². The van der Waals surface area contributed by atoms with Crippen LogP contribution in [0.15, 0.2) is 4.60 Å². The number of nitrogen functional groups attached to an aromatic ring is 1. The van der Waals surface area contributed by atoms with E-state index in [4.69, 9.17) is 16.2 Å². The molecular weight excluding hydrogens is 366 g/mol. The second-order valence-corrected chi connectivity index (χ2v) is 7.31. The van der Waals surface area contributed by atoms with Gasteiger partial charge >= 0.3 is 6.09 Å². The normalized spacial score (nSPS) is 16.4. The number of nitrogens with zero attached hydrogens (tertiary/aromatic N) is 3. The number of carbonyl (C=O) groups excluding carboxylic acids is 2. The smallest absolute Gasteiger partial charge is 0.410 e. The van der Waals surface area contributed by atoms with E-state index in [0.717, 1.165) is 0 Å². The molecule has 0 spiro atoms. The van der Waals surface area contributed by atoms with Crippen LogP contribution in [-0.2, 0) is 4.74 Å². The molecule has 1 saturated heterocycles. The Morgan fingerprint density at radius 1 is 1.30 bits per heavy atom. The molecule has 0 saturated carbocycles. The molecule has 2 rings (SSSR count). The molecule has 0 atom stereocenters. The van der Waals surface area contributed by atoms with Gasteiger partial charge in [0.2, 0.25) is 0 Å². The van der Waals surface area contributed by atoms with E-state index in [-0.39, 0.29) is 23.5 Å². The highest BCUT2D eigenvalue weighted by Crippen LogP contribution is 2.30. The van der Waals surface area contributed by atoms with E-state index >= 15 is 0 Å². The van der Waals surface area contributed by atoms with Gasteiger partial charge in [-0.25, -0.2) is 9.48 Å². The molecule has 1 aromatic rings. The minimum atomic E-state index is -0.619. The van der Waals surface area contributed by atoms with E-state index < -0.39 is 11.5 Å². The lowest BCUT2D eigenvalue weighted by molar-refractivity contribution is 0.0185. The maximum atomic E-state index is 12.1. The number of hydrogen-bond donors (Lipinski definition) is 2. The van der Waals surface area contributed by atoms with Gasteiger partial charge in [-0.2, -0.15) is 5.10 Å². The van der Waals surface area contributed by atoms with Crippen LogP contribution in [0.1, 0.15) is 50.0 Å². The summed E-state index contributed by atoms with van der Waals surface area (Å²) >= 11 is 3.21. The van der Waals surface area contributed by atoms with Crippen molar-refractivity contribution in [1.29, 1.82) is 0 Å². The van der Waals surface area contributed by atoms with E-state index in [2.05, 4.69) is 21.0 Å². The lowest BCUT2D eigenvalue weighted by Crippen LogP contribution is -2.42. The number of amides is 2. The van der Waals surface area contributed by atoms with Crippen molar-refractivity contribution in [3.8, 4) is 0 Å². The molecule has 8 nitrogen and oxygen atoms in total. The summed E-state index contributed by atoms with van der Waals surface area (Å²) in [7, 11) is 0. The fourth-order valence-corrected chi connectivity index (χ4v) is 3.11. The van der Waals surface area contributed by atoms with Crippen molar-refractivity contribution < 1.29 is 14.3 Å². The van der Waals surface area contributed by atoms with Crippen molar-refractivity contribution in [2.24, 2.45) is 5.73 Å². The van der Waals surface area contributed by atoms with Gasteiger partial charge in [0.05, 0.1) is 6.04 Å². The lowest BCUT2D eigenvalue weighted by Gasteiger charge is -2.33. The molecule has 23 heavy (non-hydrogen) atoms. The molecule has 0 unspecified atom stereocenters. The Labute approximate surface area is 143 Å². The predicted molar refractivity (Wildman–Crippen MR) is 88.9 cm³/mol. The molecule has 1 aliphatic rings. The Morgan fingerprint density at radius 2 is 1.87 bits per heavy atom. The van der Waals surface area contributed by atoms with E-state index in [1.165, 1.54) is 0 Å². The number of hydrogen-bond acceptors (Lipinski definition) is 5. The predicted octanol–water partition coefficient (Wildman–Crippen LogP) is 1.90. The molecule has 128 valence electrons. The maximum absolute atomic E-state index is 12.1. The third kappa shape index (κ3) is 3.95. The second-order valence-electron chi connectivity index (χ2n) is 6.56. The van der Waals surface area contributed by atoms with E-state index in [0.29, 0.717) is 30.5 Å². The number of nitrogens with two attached hydrogens (primary N) is 2. The number of halogens is 1. The highest BCUT2D eigenvalue weighted by Gasteiger charge is 2.30. The van der Waals surface area contributed by atoms with Gasteiger partial charge in [-0.15, -0.1) is 0 Å². The Morgan fingerprint density at radius 3 is 2.30 bits per heavy atom. The Balaban J connectivity index is 2.04. The van der Waals surface area contributed by atoms with Crippen molar-refractivity contribution in [2.75, 3.05) is 18.8 Å². The summed E-state index contributed by atoms with van der Waals surface area (Å²) in [5, 5.41) is 4.26. The van der Waals surface area contributed by atoms with Crippen LogP contribution >= 0.6 is 15.9 Å². The summed E-state index contributed by atoms with van der Waals surface area (Å²) in [5.41, 5.74) is 11.0. The monoisotopic (exact) mass is 387 g/mol. The van der Waals surface area contributed by atoms with Gasteiger partial charge < -0.3 is 21.1 Å². The Bertz CT molecular complexity index is 615. The molecule has 0 bridgehead atoms. The van der Waals surface area contributed by atoms with Gasteiger partial charge in [0, 0.05) is 13.1 Å². The standard InChI is InChI=1S/C14H22BrN5O3/c1-14(2,3)23-13(22)19-6-4-8(5-7-19)20-11(16)9(12(17)21)10(15)18-20/h8H,4-7,16H2,1-3H3,(H2,17,21). The van der Waals surface area contributed by atoms with Crippen LogP contribution in [0.25, 0.3) is 0 Å². The molecule has 1 fully saturated rings. The summed E-state index contributed by atoms with van der Waals surface area (Å²) in [6, 6.07) is 0.0121. The van der Waals surface area contributed by atoms with Crippen molar-refractivity contribution in [3.63, 3.8) is 0 Å². The summed E-state index contributed by atoms with van der Waals surface area (Å²) in [5.74, 6) is -0.369. The first-order valence-corrected chi connectivity index (χ1v) is 8.20. The highest BCUT2D eigenvalue weighted by atomic mass is 79.9. The van der Waals surface area contributed by atoms with Crippen LogP contribution in [0.5, 0.6) is 0 Å². The summed E-state index contributed by atoms with van der Waals surface area (Å²) in [4.78, 5) is 25.1. The van der Waals surface area contributed by atoms with Crippen LogP contribution in [0.4, 0.5) is 10.6 Å². The summed E-state index contributed by atoms with van der Waals surface area (Å²) in [6.45, 7) is 6.60. The van der Waals surface area contributed by atoms with Gasteiger partial charge in [0.1, 0.15) is 21.6 Å². The number of piperidine rings is 1. The number of anilines is 1. The molecule has 2 amide bonds. The van der Waals surface area contributed by atoms with Crippen LogP contribution < -0.4 is 11.5 Å². The van der Waals surface area contributed by atoms with Crippen molar-refractivity contribution >= 4 is 33.7 Å². The molecule has 1 aromatic heterocycles. The third-order valence-electron chi connectivity index (χ3n) is 3.61. The molecule has 0 aromatic carbocycles. The summed E-state index contributed by atoms with van der Waals surface area (Å²) in [6.07, 6.45) is 1.04. The van der Waals surface area contributed by atoms with E-state index in [1.54, 1.807) is 9.58 Å². The molecule has 1 aliphatic heterocycles. The van der Waals surface area contributed by atoms with Crippen molar-refractivity contribution in [2.45, 2.75) is 45.3 Å². The second kappa shape index (κ2) is 6.38. The lowest BCUT2D eigenvalue weighted by atomic mass is 10.1. The number of rotatable bonds is 2. The molecule has 4 N–H and O–H groups in total. The number of aromatic nitrogens is 2. The van der Waals surface area contributed by atoms with Crippen molar-refractivity contribution in [1.82, 2.24) is 14.7 Å². The van der Waals surface area contributed by atoms with E-state index in [1.807, 2.05) is 20.8 Å². The number of ether oxygens (including phenoxy) is 1. The summed E-state index contributed by atoms with van der Waals surface area (Å²) < 4.78 is 7.32. The molecule has 0 radical (unpaired) electrons. The highest BCUT2D eigenvalue weighted by molar-refractivity contribution is 9.10. The quantitative estimate of drug-likeness (QED) is 0.803. The van der Waals surface area contributed by atoms with Gasteiger partial charge in [-0.3, -0.25) is 4.79 Å².